The van der Waals surface area contributed by atoms with Gasteiger partial charge in [0.25, 0.3) is 5.91 Å². The molecule has 0 spiro atoms. The Balaban J connectivity index is 1.46. The molecule has 0 radical (unpaired) electrons. The third kappa shape index (κ3) is 3.72. The van der Waals surface area contributed by atoms with E-state index in [1.807, 2.05) is 30.3 Å². The third-order valence-corrected chi connectivity index (χ3v) is 4.06. The molecule has 4 rings (SSSR count). The van der Waals surface area contributed by atoms with Gasteiger partial charge >= 0.3 is 0 Å². The highest BCUT2D eigenvalue weighted by atomic mass is 16.3. The van der Waals surface area contributed by atoms with Crippen LogP contribution in [0.25, 0.3) is 11.0 Å². The Morgan fingerprint density at radius 3 is 2.48 bits per heavy atom. The molecular formula is C22H16N2O3. The molecule has 3 aromatic carbocycles. The molecule has 0 aliphatic rings. The van der Waals surface area contributed by atoms with Crippen molar-refractivity contribution in [3.63, 3.8) is 0 Å². The topological polar surface area (TPSA) is 74.8 Å². The fraction of sp³-hybridized carbons (Fsp3) is 0. The van der Waals surface area contributed by atoms with Crippen molar-refractivity contribution in [2.45, 2.75) is 0 Å². The Labute approximate surface area is 155 Å². The number of furan rings is 1. The number of nitrogens with zero attached hydrogens (tertiary/aromatic N) is 1. The van der Waals surface area contributed by atoms with E-state index in [4.69, 9.17) is 4.42 Å². The number of phenolic OH excluding ortho intramolecular Hbond substituents is 1. The number of carbonyl (C=O) groups excluding carboxylic acids is 1. The molecule has 1 aromatic heterocycles. The number of nitrogens with one attached hydrogen (secondary N) is 1. The van der Waals surface area contributed by atoms with Crippen molar-refractivity contribution in [2.24, 2.45) is 4.99 Å². The Morgan fingerprint density at radius 1 is 0.963 bits per heavy atom. The van der Waals surface area contributed by atoms with Gasteiger partial charge in [0.2, 0.25) is 0 Å². The predicted octanol–water partition coefficient (Wildman–Crippen LogP) is 5.14. The van der Waals surface area contributed by atoms with Crippen molar-refractivity contribution in [3.8, 4) is 5.75 Å². The predicted molar refractivity (Wildman–Crippen MR) is 106 cm³/mol. The van der Waals surface area contributed by atoms with E-state index in [0.717, 1.165) is 5.39 Å². The highest BCUT2D eigenvalue weighted by molar-refractivity contribution is 6.04. The molecular weight excluding hydrogens is 340 g/mol. The number of fused-ring (bicyclic) bond motifs is 1. The summed E-state index contributed by atoms with van der Waals surface area (Å²) in [6, 6.07) is 23.3. The van der Waals surface area contributed by atoms with Crippen molar-refractivity contribution < 1.29 is 14.3 Å². The first-order chi connectivity index (χ1) is 13.2. The second-order valence-corrected chi connectivity index (χ2v) is 5.97. The Morgan fingerprint density at radius 2 is 1.70 bits per heavy atom. The number of carbonyl (C=O) groups is 1. The number of rotatable bonds is 4. The quantitative estimate of drug-likeness (QED) is 0.497. The zero-order valence-electron chi connectivity index (χ0n) is 14.3. The van der Waals surface area contributed by atoms with Crippen LogP contribution in [0.3, 0.4) is 0 Å². The second-order valence-electron chi connectivity index (χ2n) is 5.97. The van der Waals surface area contributed by atoms with Crippen molar-refractivity contribution in [2.75, 3.05) is 5.32 Å². The molecule has 1 amide bonds. The maximum absolute atomic E-state index is 12.4. The lowest BCUT2D eigenvalue weighted by molar-refractivity contribution is 0.0998. The molecule has 4 aromatic rings. The van der Waals surface area contributed by atoms with Gasteiger partial charge in [-0.05, 0) is 48.5 Å². The lowest BCUT2D eigenvalue weighted by Gasteiger charge is -2.03. The average Bonchev–Trinajstić information content (AvgIpc) is 3.13. The molecule has 0 fully saturated rings. The Kier molecular flexibility index (Phi) is 4.41. The Bertz CT molecular complexity index is 1090. The van der Waals surface area contributed by atoms with E-state index < -0.39 is 0 Å². The first-order valence-corrected chi connectivity index (χ1v) is 8.41. The summed E-state index contributed by atoms with van der Waals surface area (Å²) in [5.74, 6) is 0.130. The van der Waals surface area contributed by atoms with Gasteiger partial charge in [-0.1, -0.05) is 30.3 Å². The minimum absolute atomic E-state index is 0.177. The van der Waals surface area contributed by atoms with E-state index in [2.05, 4.69) is 10.3 Å². The standard InChI is InChI=1S/C22H16N2O3/c25-19-7-3-1-6-16(19)14-23-17-9-11-18(12-10-17)24-22(26)21-13-15-5-2-4-8-20(15)27-21/h1-14,25H,(H,24,26). The lowest BCUT2D eigenvalue weighted by Crippen LogP contribution is -2.10. The van der Waals surface area contributed by atoms with E-state index >= 15 is 0 Å². The van der Waals surface area contributed by atoms with E-state index in [9.17, 15) is 9.90 Å². The molecule has 5 nitrogen and oxygen atoms in total. The Hall–Kier alpha value is -3.86. The van der Waals surface area contributed by atoms with Crippen LogP contribution in [0, 0.1) is 0 Å². The van der Waals surface area contributed by atoms with E-state index in [0.29, 0.717) is 22.5 Å². The number of hydrogen-bond acceptors (Lipinski definition) is 4. The van der Waals surface area contributed by atoms with Gasteiger partial charge in [-0.15, -0.1) is 0 Å². The van der Waals surface area contributed by atoms with Gasteiger partial charge in [-0.3, -0.25) is 9.79 Å². The minimum atomic E-state index is -0.309. The van der Waals surface area contributed by atoms with Crippen LogP contribution in [-0.4, -0.2) is 17.2 Å². The first kappa shape index (κ1) is 16.6. The van der Waals surface area contributed by atoms with Crippen LogP contribution in [0.5, 0.6) is 5.75 Å². The molecule has 5 heteroatoms. The van der Waals surface area contributed by atoms with E-state index in [1.54, 1.807) is 54.7 Å². The molecule has 0 saturated heterocycles. The molecule has 0 atom stereocenters. The number of aromatic hydroxyl groups is 1. The molecule has 1 heterocycles. The summed E-state index contributed by atoms with van der Waals surface area (Å²) in [5, 5.41) is 13.4. The molecule has 0 unspecified atom stereocenters. The van der Waals surface area contributed by atoms with Gasteiger partial charge in [0.1, 0.15) is 11.3 Å². The number of amides is 1. The molecule has 2 N–H and O–H groups in total. The minimum Gasteiger partial charge on any atom is -0.507 e. The number of para-hydroxylation sites is 2. The maximum atomic E-state index is 12.4. The van der Waals surface area contributed by atoms with Crippen LogP contribution in [0.4, 0.5) is 11.4 Å². The van der Waals surface area contributed by atoms with Crippen LogP contribution in [0.1, 0.15) is 16.1 Å². The summed E-state index contributed by atoms with van der Waals surface area (Å²) in [7, 11) is 0. The van der Waals surface area contributed by atoms with Gasteiger partial charge in [0.05, 0.1) is 5.69 Å². The summed E-state index contributed by atoms with van der Waals surface area (Å²) in [5.41, 5.74) is 2.67. The van der Waals surface area contributed by atoms with Crippen molar-refractivity contribution in [1.82, 2.24) is 0 Å². The maximum Gasteiger partial charge on any atom is 0.291 e. The van der Waals surface area contributed by atoms with Crippen LogP contribution in [0.15, 0.2) is 88.3 Å². The summed E-state index contributed by atoms with van der Waals surface area (Å²) in [6.07, 6.45) is 1.59. The van der Waals surface area contributed by atoms with Gasteiger partial charge in [-0.2, -0.15) is 0 Å². The number of phenols is 1. The van der Waals surface area contributed by atoms with E-state index in [-0.39, 0.29) is 17.4 Å². The third-order valence-electron chi connectivity index (χ3n) is 4.06. The summed E-state index contributed by atoms with van der Waals surface area (Å²) >= 11 is 0. The van der Waals surface area contributed by atoms with E-state index in [1.165, 1.54) is 0 Å². The average molecular weight is 356 g/mol. The summed E-state index contributed by atoms with van der Waals surface area (Å²) in [6.45, 7) is 0. The molecule has 132 valence electrons. The first-order valence-electron chi connectivity index (χ1n) is 8.41. The van der Waals surface area contributed by atoms with Gasteiger partial charge in [-0.25, -0.2) is 0 Å². The van der Waals surface area contributed by atoms with Crippen LogP contribution in [0.2, 0.25) is 0 Å². The highest BCUT2D eigenvalue weighted by Gasteiger charge is 2.12. The van der Waals surface area contributed by atoms with Crippen molar-refractivity contribution >= 4 is 34.5 Å². The SMILES string of the molecule is O=C(Nc1ccc(N=Cc2ccccc2O)cc1)c1cc2ccccc2o1. The lowest BCUT2D eigenvalue weighted by atomic mass is 10.2. The fourth-order valence-corrected chi connectivity index (χ4v) is 2.66. The van der Waals surface area contributed by atoms with Crippen LogP contribution >= 0.6 is 0 Å². The fourth-order valence-electron chi connectivity index (χ4n) is 2.66. The highest BCUT2D eigenvalue weighted by Crippen LogP contribution is 2.21. The van der Waals surface area contributed by atoms with Gasteiger partial charge in [0, 0.05) is 22.9 Å². The van der Waals surface area contributed by atoms with Crippen molar-refractivity contribution in [3.05, 3.63) is 90.2 Å². The van der Waals surface area contributed by atoms with Crippen LogP contribution in [-0.2, 0) is 0 Å². The normalized spacial score (nSPS) is 11.1. The number of aliphatic imine (C=N–C) groups is 1. The van der Waals surface area contributed by atoms with Crippen LogP contribution < -0.4 is 5.32 Å². The summed E-state index contributed by atoms with van der Waals surface area (Å²) in [4.78, 5) is 16.7. The molecule has 27 heavy (non-hydrogen) atoms. The number of benzene rings is 3. The zero-order valence-corrected chi connectivity index (χ0v) is 14.3. The molecule has 0 saturated carbocycles. The smallest absolute Gasteiger partial charge is 0.291 e. The van der Waals surface area contributed by atoms with Gasteiger partial charge < -0.3 is 14.8 Å². The summed E-state index contributed by atoms with van der Waals surface area (Å²) < 4.78 is 5.57. The zero-order chi connectivity index (χ0) is 18.6. The van der Waals surface area contributed by atoms with Crippen molar-refractivity contribution in [1.29, 1.82) is 0 Å². The number of hydrogen-bond donors (Lipinski definition) is 2. The monoisotopic (exact) mass is 356 g/mol. The largest absolute Gasteiger partial charge is 0.507 e. The van der Waals surface area contributed by atoms with Gasteiger partial charge in [0.15, 0.2) is 5.76 Å². The number of anilines is 1. The molecule has 0 aliphatic carbocycles. The molecule has 0 aliphatic heterocycles. The second kappa shape index (κ2) is 7.17. The molecule has 0 bridgehead atoms.